The zero-order chi connectivity index (χ0) is 12.3. The number of aryl methyl sites for hydroxylation is 1. The molecule has 0 radical (unpaired) electrons. The van der Waals surface area contributed by atoms with Crippen LogP contribution in [-0.4, -0.2) is 4.57 Å². The van der Waals surface area contributed by atoms with Gasteiger partial charge in [-0.05, 0) is 74.3 Å². The van der Waals surface area contributed by atoms with Crippen molar-refractivity contribution in [3.63, 3.8) is 0 Å². The summed E-state index contributed by atoms with van der Waals surface area (Å²) < 4.78 is 2.56. The summed E-state index contributed by atoms with van der Waals surface area (Å²) in [6.45, 7) is 2.90. The number of nitrogens with zero attached hydrogens (tertiary/aromatic N) is 1. The Bertz CT molecular complexity index is 432. The number of nitrogens with two attached hydrogens (primary N) is 1. The Morgan fingerprint density at radius 3 is 2.28 bits per heavy atom. The van der Waals surface area contributed by atoms with E-state index in [0.717, 1.165) is 29.7 Å². The summed E-state index contributed by atoms with van der Waals surface area (Å²) in [6, 6.07) is 3.03. The van der Waals surface area contributed by atoms with Crippen LogP contribution in [0, 0.1) is 30.6 Å². The van der Waals surface area contributed by atoms with E-state index in [4.69, 9.17) is 5.73 Å². The fraction of sp³-hybridized carbons (Fsp3) is 0.750. The zero-order valence-electron chi connectivity index (χ0n) is 11.3. The van der Waals surface area contributed by atoms with Crippen molar-refractivity contribution in [1.82, 2.24) is 4.57 Å². The minimum absolute atomic E-state index is 0.696. The highest BCUT2D eigenvalue weighted by Gasteiger charge is 2.49. The first-order valence-electron chi connectivity index (χ1n) is 7.62. The molecular formula is C16H24N2. The van der Waals surface area contributed by atoms with Crippen LogP contribution < -0.4 is 5.73 Å². The molecule has 18 heavy (non-hydrogen) atoms. The third-order valence-corrected chi connectivity index (χ3v) is 5.94. The minimum Gasteiger partial charge on any atom is -0.346 e. The van der Waals surface area contributed by atoms with Crippen molar-refractivity contribution in [2.45, 2.75) is 51.6 Å². The standard InChI is InChI=1S/C16H24N2/c1-10-2-3-18(15(10)9-17)16-13-5-11-4-12(7-13)8-14(16)6-11/h2-3,11-14,16H,4-9,17H2,1H3. The first-order chi connectivity index (χ1) is 8.76. The van der Waals surface area contributed by atoms with Crippen molar-refractivity contribution < 1.29 is 0 Å². The molecule has 0 aromatic carbocycles. The van der Waals surface area contributed by atoms with E-state index in [9.17, 15) is 0 Å². The van der Waals surface area contributed by atoms with Crippen LogP contribution in [0.2, 0.25) is 0 Å². The lowest BCUT2D eigenvalue weighted by Crippen LogP contribution is -2.46. The van der Waals surface area contributed by atoms with Gasteiger partial charge in [0.15, 0.2) is 0 Å². The maximum absolute atomic E-state index is 5.97. The molecular weight excluding hydrogens is 220 g/mol. The summed E-state index contributed by atoms with van der Waals surface area (Å²) >= 11 is 0. The molecule has 5 rings (SSSR count). The average molecular weight is 244 g/mol. The molecule has 0 spiro atoms. The molecule has 1 heterocycles. The lowest BCUT2D eigenvalue weighted by atomic mass is 9.54. The molecule has 2 N–H and O–H groups in total. The molecule has 0 atom stereocenters. The van der Waals surface area contributed by atoms with Gasteiger partial charge in [0.05, 0.1) is 0 Å². The van der Waals surface area contributed by atoms with Crippen LogP contribution in [-0.2, 0) is 6.54 Å². The number of hydrogen-bond donors (Lipinski definition) is 1. The van der Waals surface area contributed by atoms with Crippen molar-refractivity contribution in [2.75, 3.05) is 0 Å². The van der Waals surface area contributed by atoms with Crippen LogP contribution in [0.3, 0.4) is 0 Å². The molecule has 1 aromatic heterocycles. The molecule has 0 unspecified atom stereocenters. The highest BCUT2D eigenvalue weighted by Crippen LogP contribution is 2.58. The van der Waals surface area contributed by atoms with E-state index in [-0.39, 0.29) is 0 Å². The van der Waals surface area contributed by atoms with Crippen LogP contribution in [0.5, 0.6) is 0 Å². The van der Waals surface area contributed by atoms with Gasteiger partial charge in [0.25, 0.3) is 0 Å². The van der Waals surface area contributed by atoms with Gasteiger partial charge in [-0.1, -0.05) is 0 Å². The predicted octanol–water partition coefficient (Wildman–Crippen LogP) is 3.25. The first-order valence-corrected chi connectivity index (χ1v) is 7.62. The number of aromatic nitrogens is 1. The van der Waals surface area contributed by atoms with E-state index in [0.29, 0.717) is 6.54 Å². The van der Waals surface area contributed by atoms with E-state index >= 15 is 0 Å². The maximum Gasteiger partial charge on any atom is 0.0390 e. The lowest BCUT2D eigenvalue weighted by Gasteiger charge is -2.55. The Balaban J connectivity index is 1.72. The van der Waals surface area contributed by atoms with Crippen molar-refractivity contribution in [2.24, 2.45) is 29.4 Å². The van der Waals surface area contributed by atoms with Gasteiger partial charge in [-0.2, -0.15) is 0 Å². The topological polar surface area (TPSA) is 30.9 Å². The second kappa shape index (κ2) is 3.86. The van der Waals surface area contributed by atoms with E-state index in [1.807, 2.05) is 0 Å². The van der Waals surface area contributed by atoms with Crippen LogP contribution in [0.25, 0.3) is 0 Å². The molecule has 1 aromatic rings. The molecule has 2 heteroatoms. The summed E-state index contributed by atoms with van der Waals surface area (Å²) in [5, 5.41) is 0. The monoisotopic (exact) mass is 244 g/mol. The fourth-order valence-corrected chi connectivity index (χ4v) is 5.48. The molecule has 4 bridgehead atoms. The smallest absolute Gasteiger partial charge is 0.0390 e. The van der Waals surface area contributed by atoms with Crippen molar-refractivity contribution in [3.8, 4) is 0 Å². The number of hydrogen-bond acceptors (Lipinski definition) is 1. The third kappa shape index (κ3) is 1.45. The van der Waals surface area contributed by atoms with E-state index in [1.54, 1.807) is 0 Å². The Hall–Kier alpha value is -0.760. The van der Waals surface area contributed by atoms with Gasteiger partial charge in [-0.25, -0.2) is 0 Å². The summed E-state index contributed by atoms with van der Waals surface area (Å²) in [5.74, 6) is 4.00. The summed E-state index contributed by atoms with van der Waals surface area (Å²) in [6.07, 6.45) is 9.79. The molecule has 0 saturated heterocycles. The predicted molar refractivity (Wildman–Crippen MR) is 73.1 cm³/mol. The third-order valence-electron chi connectivity index (χ3n) is 5.94. The molecule has 4 saturated carbocycles. The van der Waals surface area contributed by atoms with Gasteiger partial charge in [0.1, 0.15) is 0 Å². The molecule has 4 aliphatic rings. The van der Waals surface area contributed by atoms with Crippen molar-refractivity contribution in [1.29, 1.82) is 0 Å². The van der Waals surface area contributed by atoms with Crippen LogP contribution >= 0.6 is 0 Å². The highest BCUT2D eigenvalue weighted by atomic mass is 15.0. The van der Waals surface area contributed by atoms with E-state index in [2.05, 4.69) is 23.8 Å². The van der Waals surface area contributed by atoms with Crippen molar-refractivity contribution in [3.05, 3.63) is 23.5 Å². The highest BCUT2D eigenvalue weighted by molar-refractivity contribution is 5.22. The lowest BCUT2D eigenvalue weighted by molar-refractivity contribution is -0.0299. The second-order valence-corrected chi connectivity index (χ2v) is 6.98. The fourth-order valence-electron chi connectivity index (χ4n) is 5.48. The van der Waals surface area contributed by atoms with Gasteiger partial charge in [0, 0.05) is 24.5 Å². The Labute approximate surface area is 110 Å². The normalized spacial score (nSPS) is 41.6. The quantitative estimate of drug-likeness (QED) is 0.850. The molecule has 0 amide bonds. The summed E-state index contributed by atoms with van der Waals surface area (Å²) in [4.78, 5) is 0. The second-order valence-electron chi connectivity index (χ2n) is 6.98. The van der Waals surface area contributed by atoms with Gasteiger partial charge in [0.2, 0.25) is 0 Å². The molecule has 2 nitrogen and oxygen atoms in total. The van der Waals surface area contributed by atoms with Crippen molar-refractivity contribution >= 4 is 0 Å². The number of rotatable bonds is 2. The Kier molecular flexibility index (Phi) is 2.38. The van der Waals surface area contributed by atoms with E-state index < -0.39 is 0 Å². The van der Waals surface area contributed by atoms with E-state index in [1.165, 1.54) is 43.4 Å². The Morgan fingerprint density at radius 1 is 1.11 bits per heavy atom. The van der Waals surface area contributed by atoms with Crippen LogP contribution in [0.15, 0.2) is 12.3 Å². The molecule has 0 aliphatic heterocycles. The van der Waals surface area contributed by atoms with Gasteiger partial charge in [-0.3, -0.25) is 0 Å². The first kappa shape index (κ1) is 11.1. The molecule has 4 aliphatic carbocycles. The summed E-state index contributed by atoms with van der Waals surface area (Å²) in [7, 11) is 0. The summed E-state index contributed by atoms with van der Waals surface area (Å²) in [5.41, 5.74) is 8.73. The van der Waals surface area contributed by atoms with Crippen LogP contribution in [0.1, 0.15) is 49.4 Å². The Morgan fingerprint density at radius 2 is 1.72 bits per heavy atom. The maximum atomic E-state index is 5.97. The van der Waals surface area contributed by atoms with Gasteiger partial charge < -0.3 is 10.3 Å². The zero-order valence-corrected chi connectivity index (χ0v) is 11.3. The van der Waals surface area contributed by atoms with Crippen LogP contribution in [0.4, 0.5) is 0 Å². The minimum atomic E-state index is 0.696. The average Bonchev–Trinajstić information content (AvgIpc) is 2.69. The van der Waals surface area contributed by atoms with Gasteiger partial charge >= 0.3 is 0 Å². The SMILES string of the molecule is Cc1ccn(C2C3CC4CC(C3)CC2C4)c1CN. The molecule has 98 valence electrons. The largest absolute Gasteiger partial charge is 0.346 e. The van der Waals surface area contributed by atoms with Gasteiger partial charge in [-0.15, -0.1) is 0 Å². The molecule has 4 fully saturated rings.